The normalized spacial score (nSPS) is 11.0. The minimum atomic E-state index is -0.118. The summed E-state index contributed by atoms with van der Waals surface area (Å²) in [6.45, 7) is 4.60. The fraction of sp³-hybridized carbons (Fsp3) is 0.217. The van der Waals surface area contributed by atoms with E-state index in [0.717, 1.165) is 17.0 Å². The molecule has 0 N–H and O–H groups in total. The van der Waals surface area contributed by atoms with E-state index in [1.807, 2.05) is 56.3 Å². The van der Waals surface area contributed by atoms with Crippen LogP contribution in [0, 0.1) is 6.92 Å². The summed E-state index contributed by atoms with van der Waals surface area (Å²) in [4.78, 5) is 20.2. The first kappa shape index (κ1) is 22.5. The summed E-state index contributed by atoms with van der Waals surface area (Å²) >= 11 is 13.7. The van der Waals surface area contributed by atoms with E-state index in [-0.39, 0.29) is 12.5 Å². The van der Waals surface area contributed by atoms with E-state index in [2.05, 4.69) is 15.2 Å². The minimum absolute atomic E-state index is 0.118. The average molecular weight is 487 g/mol. The summed E-state index contributed by atoms with van der Waals surface area (Å²) in [7, 11) is 0. The summed E-state index contributed by atoms with van der Waals surface area (Å²) in [5.41, 5.74) is 2.22. The summed E-state index contributed by atoms with van der Waals surface area (Å²) in [6.07, 6.45) is 0.788. The number of halogens is 2. The zero-order chi connectivity index (χ0) is 22.7. The topological polar surface area (TPSA) is 72.1 Å². The van der Waals surface area contributed by atoms with Crippen molar-refractivity contribution in [1.82, 2.24) is 20.1 Å². The van der Waals surface area contributed by atoms with Crippen LogP contribution in [0.15, 0.2) is 52.9 Å². The van der Waals surface area contributed by atoms with E-state index in [1.54, 1.807) is 11.0 Å². The third-order valence-electron chi connectivity index (χ3n) is 4.74. The molecule has 0 radical (unpaired) electrons. The molecule has 6 nitrogen and oxygen atoms in total. The maximum atomic E-state index is 13.4. The fourth-order valence-electron chi connectivity index (χ4n) is 3.23. The Hall–Kier alpha value is -2.74. The average Bonchev–Trinajstić information content (AvgIpc) is 3.40. The van der Waals surface area contributed by atoms with E-state index in [0.29, 0.717) is 44.5 Å². The summed E-state index contributed by atoms with van der Waals surface area (Å²) in [5, 5.41) is 10.1. The highest BCUT2D eigenvalue weighted by molar-refractivity contribution is 7.17. The highest BCUT2D eigenvalue weighted by Gasteiger charge is 2.24. The predicted molar refractivity (Wildman–Crippen MR) is 127 cm³/mol. The van der Waals surface area contributed by atoms with Crippen LogP contribution in [0.1, 0.15) is 34.6 Å². The van der Waals surface area contributed by atoms with Crippen LogP contribution in [0.25, 0.3) is 22.0 Å². The van der Waals surface area contributed by atoms with Gasteiger partial charge in [0, 0.05) is 17.1 Å². The number of benzene rings is 2. The standard InChI is InChI=1S/C23H20Cl2N4O2S/c1-3-11-29(13-19-27-28-21(31-19)17-9-4-5-10-18(17)25)23(30)20-14(2)26-22(32-20)15-7-6-8-16(24)12-15/h4-10,12H,3,11,13H2,1-2H3. The Morgan fingerprint density at radius 3 is 2.69 bits per heavy atom. The molecule has 4 rings (SSSR count). The number of carbonyl (C=O) groups is 1. The lowest BCUT2D eigenvalue weighted by molar-refractivity contribution is 0.0732. The van der Waals surface area contributed by atoms with Gasteiger partial charge in [0.2, 0.25) is 11.8 Å². The summed E-state index contributed by atoms with van der Waals surface area (Å²) in [6, 6.07) is 14.7. The van der Waals surface area contributed by atoms with Crippen LogP contribution in [0.4, 0.5) is 0 Å². The van der Waals surface area contributed by atoms with Crippen LogP contribution in [0.5, 0.6) is 0 Å². The van der Waals surface area contributed by atoms with Gasteiger partial charge in [0.05, 0.1) is 22.8 Å². The Bertz CT molecular complexity index is 1250. The van der Waals surface area contributed by atoms with Crippen LogP contribution in [0.3, 0.4) is 0 Å². The van der Waals surface area contributed by atoms with Crippen molar-refractivity contribution >= 4 is 40.4 Å². The van der Waals surface area contributed by atoms with Crippen molar-refractivity contribution < 1.29 is 9.21 Å². The molecule has 0 spiro atoms. The highest BCUT2D eigenvalue weighted by atomic mass is 35.5. The van der Waals surface area contributed by atoms with E-state index in [4.69, 9.17) is 27.6 Å². The molecule has 9 heteroatoms. The van der Waals surface area contributed by atoms with Crippen molar-refractivity contribution in [2.24, 2.45) is 0 Å². The van der Waals surface area contributed by atoms with E-state index >= 15 is 0 Å². The molecule has 0 aliphatic rings. The molecule has 32 heavy (non-hydrogen) atoms. The second-order valence-corrected chi connectivity index (χ2v) is 8.99. The molecule has 4 aromatic rings. The largest absolute Gasteiger partial charge is 0.419 e. The fourth-order valence-corrected chi connectivity index (χ4v) is 4.67. The van der Waals surface area contributed by atoms with Gasteiger partial charge in [0.1, 0.15) is 9.88 Å². The van der Waals surface area contributed by atoms with Crippen molar-refractivity contribution in [3.8, 4) is 22.0 Å². The highest BCUT2D eigenvalue weighted by Crippen LogP contribution is 2.31. The molecule has 0 saturated carbocycles. The zero-order valence-electron chi connectivity index (χ0n) is 17.5. The molecular formula is C23H20Cl2N4O2S. The SMILES string of the molecule is CCCN(Cc1nnc(-c2ccccc2Cl)o1)C(=O)c1sc(-c2cccc(Cl)c2)nc1C. The molecule has 1 amide bonds. The number of aryl methyl sites for hydroxylation is 1. The predicted octanol–water partition coefficient (Wildman–Crippen LogP) is 6.53. The lowest BCUT2D eigenvalue weighted by Crippen LogP contribution is -2.31. The van der Waals surface area contributed by atoms with Crippen molar-refractivity contribution in [1.29, 1.82) is 0 Å². The third kappa shape index (κ3) is 4.85. The minimum Gasteiger partial charge on any atom is -0.419 e. The van der Waals surface area contributed by atoms with Crippen molar-refractivity contribution in [3.63, 3.8) is 0 Å². The molecule has 0 saturated heterocycles. The Kier molecular flexibility index (Phi) is 6.89. The van der Waals surface area contributed by atoms with Crippen LogP contribution in [-0.4, -0.2) is 32.5 Å². The number of nitrogens with zero attached hydrogens (tertiary/aromatic N) is 4. The van der Waals surface area contributed by atoms with Crippen molar-refractivity contribution in [2.75, 3.05) is 6.54 Å². The number of aromatic nitrogens is 3. The van der Waals surface area contributed by atoms with Crippen LogP contribution in [-0.2, 0) is 6.54 Å². The second-order valence-electron chi connectivity index (χ2n) is 7.15. The molecule has 0 bridgehead atoms. The first-order valence-electron chi connectivity index (χ1n) is 10.1. The van der Waals surface area contributed by atoms with Crippen LogP contribution >= 0.6 is 34.5 Å². The number of carbonyl (C=O) groups excluding carboxylic acids is 1. The van der Waals surface area contributed by atoms with Crippen LogP contribution in [0.2, 0.25) is 10.0 Å². The van der Waals surface area contributed by atoms with Gasteiger partial charge in [-0.25, -0.2) is 4.98 Å². The molecule has 0 atom stereocenters. The monoisotopic (exact) mass is 486 g/mol. The number of amides is 1. The van der Waals surface area contributed by atoms with Gasteiger partial charge in [-0.3, -0.25) is 4.79 Å². The van der Waals surface area contributed by atoms with Gasteiger partial charge in [-0.2, -0.15) is 0 Å². The Morgan fingerprint density at radius 1 is 1.12 bits per heavy atom. The lowest BCUT2D eigenvalue weighted by atomic mass is 10.2. The summed E-state index contributed by atoms with van der Waals surface area (Å²) < 4.78 is 5.80. The first-order valence-corrected chi connectivity index (χ1v) is 11.6. The third-order valence-corrected chi connectivity index (χ3v) is 6.50. The van der Waals surface area contributed by atoms with Gasteiger partial charge in [-0.15, -0.1) is 21.5 Å². The zero-order valence-corrected chi connectivity index (χ0v) is 19.8. The Labute approximate surface area is 199 Å². The molecule has 0 unspecified atom stereocenters. The van der Waals surface area contributed by atoms with E-state index < -0.39 is 0 Å². The van der Waals surface area contributed by atoms with Gasteiger partial charge in [0.25, 0.3) is 5.91 Å². The smallest absolute Gasteiger partial charge is 0.266 e. The van der Waals surface area contributed by atoms with Gasteiger partial charge in [-0.05, 0) is 37.6 Å². The quantitative estimate of drug-likeness (QED) is 0.297. The molecular weight excluding hydrogens is 467 g/mol. The molecule has 164 valence electrons. The molecule has 2 heterocycles. The number of thiazole rings is 1. The molecule has 2 aromatic carbocycles. The van der Waals surface area contributed by atoms with E-state index in [1.165, 1.54) is 11.3 Å². The number of rotatable bonds is 7. The molecule has 0 aliphatic heterocycles. The number of hydrogen-bond donors (Lipinski definition) is 0. The Morgan fingerprint density at radius 2 is 1.94 bits per heavy atom. The van der Waals surface area contributed by atoms with E-state index in [9.17, 15) is 4.79 Å². The first-order chi connectivity index (χ1) is 15.5. The number of hydrogen-bond acceptors (Lipinski definition) is 6. The van der Waals surface area contributed by atoms with Crippen molar-refractivity contribution in [3.05, 3.63) is 75.0 Å². The van der Waals surface area contributed by atoms with Gasteiger partial charge in [0.15, 0.2) is 0 Å². The van der Waals surface area contributed by atoms with Gasteiger partial charge >= 0.3 is 0 Å². The summed E-state index contributed by atoms with van der Waals surface area (Å²) in [5.74, 6) is 0.554. The lowest BCUT2D eigenvalue weighted by Gasteiger charge is -2.19. The molecule has 0 fully saturated rings. The molecule has 0 aliphatic carbocycles. The maximum Gasteiger partial charge on any atom is 0.266 e. The molecule has 2 aromatic heterocycles. The van der Waals surface area contributed by atoms with Crippen LogP contribution < -0.4 is 0 Å². The van der Waals surface area contributed by atoms with Gasteiger partial charge in [-0.1, -0.05) is 54.4 Å². The van der Waals surface area contributed by atoms with Gasteiger partial charge < -0.3 is 9.32 Å². The second kappa shape index (κ2) is 9.81. The Balaban J connectivity index is 1.57. The van der Waals surface area contributed by atoms with Crippen molar-refractivity contribution in [2.45, 2.75) is 26.8 Å². The maximum absolute atomic E-state index is 13.4.